The van der Waals surface area contributed by atoms with Gasteiger partial charge in [-0.2, -0.15) is 5.10 Å². The third-order valence-corrected chi connectivity index (χ3v) is 3.20. The fraction of sp³-hybridized carbons (Fsp3) is 0.133. The lowest BCUT2D eigenvalue weighted by Crippen LogP contribution is -2.23. The standard InChI is InChI=1S/C15H13FN4O/c1-17-15(21)9-20-8-12(7-19-20)11-4-10-2-3-13(16)5-14(10)18-6-11/h2-8H,9H2,1H3,(H,17,21). The molecule has 106 valence electrons. The molecule has 3 rings (SSSR count). The second-order valence-electron chi connectivity index (χ2n) is 4.66. The Morgan fingerprint density at radius 3 is 2.95 bits per heavy atom. The third kappa shape index (κ3) is 2.74. The Balaban J connectivity index is 1.93. The van der Waals surface area contributed by atoms with Crippen LogP contribution in [0.1, 0.15) is 0 Å². The summed E-state index contributed by atoms with van der Waals surface area (Å²) in [4.78, 5) is 15.6. The summed E-state index contributed by atoms with van der Waals surface area (Å²) in [5.41, 5.74) is 2.34. The highest BCUT2D eigenvalue weighted by molar-refractivity contribution is 5.83. The van der Waals surface area contributed by atoms with Crippen LogP contribution in [0.3, 0.4) is 0 Å². The van der Waals surface area contributed by atoms with Crippen molar-refractivity contribution in [3.8, 4) is 11.1 Å². The molecule has 0 bridgehead atoms. The maximum atomic E-state index is 13.1. The molecule has 0 unspecified atom stereocenters. The molecule has 21 heavy (non-hydrogen) atoms. The molecule has 0 radical (unpaired) electrons. The quantitative estimate of drug-likeness (QED) is 0.800. The summed E-state index contributed by atoms with van der Waals surface area (Å²) in [6.45, 7) is 0.169. The molecule has 5 nitrogen and oxygen atoms in total. The lowest BCUT2D eigenvalue weighted by atomic mass is 10.1. The number of rotatable bonds is 3. The van der Waals surface area contributed by atoms with E-state index in [1.54, 1.807) is 36.4 Å². The molecule has 0 atom stereocenters. The van der Waals surface area contributed by atoms with E-state index in [2.05, 4.69) is 15.4 Å². The lowest BCUT2D eigenvalue weighted by molar-refractivity contribution is -0.121. The third-order valence-electron chi connectivity index (χ3n) is 3.20. The van der Waals surface area contributed by atoms with Crippen LogP contribution < -0.4 is 5.32 Å². The van der Waals surface area contributed by atoms with Gasteiger partial charge in [0, 0.05) is 42.0 Å². The molecule has 0 saturated heterocycles. The predicted octanol–water partition coefficient (Wildman–Crippen LogP) is 1.98. The lowest BCUT2D eigenvalue weighted by Gasteiger charge is -2.01. The first-order valence-corrected chi connectivity index (χ1v) is 6.44. The number of likely N-dealkylation sites (N-methyl/N-ethyl adjacent to an activating group) is 1. The van der Waals surface area contributed by atoms with Crippen LogP contribution in [0, 0.1) is 5.82 Å². The van der Waals surface area contributed by atoms with Gasteiger partial charge in [0.05, 0.1) is 11.7 Å². The van der Waals surface area contributed by atoms with Gasteiger partial charge in [0.2, 0.25) is 5.91 Å². The number of amides is 1. The number of nitrogens with zero attached hydrogens (tertiary/aromatic N) is 3. The van der Waals surface area contributed by atoms with Crippen molar-refractivity contribution in [3.05, 3.63) is 48.7 Å². The van der Waals surface area contributed by atoms with Crippen LogP contribution in [-0.2, 0) is 11.3 Å². The van der Waals surface area contributed by atoms with Crippen LogP contribution in [0.15, 0.2) is 42.9 Å². The van der Waals surface area contributed by atoms with Gasteiger partial charge in [-0.1, -0.05) is 0 Å². The summed E-state index contributed by atoms with van der Waals surface area (Å²) in [6.07, 6.45) is 5.12. The molecule has 6 heteroatoms. The SMILES string of the molecule is CNC(=O)Cn1cc(-c2cnc3cc(F)ccc3c2)cn1. The van der Waals surface area contributed by atoms with E-state index >= 15 is 0 Å². The number of pyridine rings is 1. The van der Waals surface area contributed by atoms with E-state index in [0.29, 0.717) is 5.52 Å². The molecule has 0 aliphatic carbocycles. The molecule has 0 spiro atoms. The van der Waals surface area contributed by atoms with Gasteiger partial charge in [0.1, 0.15) is 12.4 Å². The van der Waals surface area contributed by atoms with Crippen LogP contribution in [0.2, 0.25) is 0 Å². The van der Waals surface area contributed by atoms with E-state index < -0.39 is 0 Å². The molecule has 2 aromatic heterocycles. The number of aromatic nitrogens is 3. The van der Waals surface area contributed by atoms with Crippen LogP contribution in [-0.4, -0.2) is 27.7 Å². The monoisotopic (exact) mass is 284 g/mol. The van der Waals surface area contributed by atoms with Crippen molar-refractivity contribution < 1.29 is 9.18 Å². The minimum absolute atomic E-state index is 0.114. The van der Waals surface area contributed by atoms with Crippen molar-refractivity contribution in [2.75, 3.05) is 7.05 Å². The second-order valence-corrected chi connectivity index (χ2v) is 4.66. The zero-order chi connectivity index (χ0) is 14.8. The Kier molecular flexibility index (Phi) is 3.35. The number of halogens is 1. The van der Waals surface area contributed by atoms with Crippen molar-refractivity contribution in [3.63, 3.8) is 0 Å². The predicted molar refractivity (Wildman–Crippen MR) is 77.0 cm³/mol. The van der Waals surface area contributed by atoms with Crippen molar-refractivity contribution in [1.29, 1.82) is 0 Å². The average molecular weight is 284 g/mol. The molecular formula is C15H13FN4O. The van der Waals surface area contributed by atoms with Crippen LogP contribution >= 0.6 is 0 Å². The van der Waals surface area contributed by atoms with Gasteiger partial charge in [0.15, 0.2) is 0 Å². The van der Waals surface area contributed by atoms with Gasteiger partial charge in [-0.25, -0.2) is 4.39 Å². The number of hydrogen-bond acceptors (Lipinski definition) is 3. The molecule has 2 heterocycles. The zero-order valence-corrected chi connectivity index (χ0v) is 11.4. The normalized spacial score (nSPS) is 10.8. The molecular weight excluding hydrogens is 271 g/mol. The molecule has 0 saturated carbocycles. The minimum atomic E-state index is -0.304. The van der Waals surface area contributed by atoms with Crippen molar-refractivity contribution in [1.82, 2.24) is 20.1 Å². The summed E-state index contributed by atoms with van der Waals surface area (Å²) in [5, 5.41) is 7.54. The van der Waals surface area contributed by atoms with E-state index in [1.807, 2.05) is 6.07 Å². The largest absolute Gasteiger partial charge is 0.358 e. The minimum Gasteiger partial charge on any atom is -0.358 e. The van der Waals surface area contributed by atoms with Gasteiger partial charge in [-0.15, -0.1) is 0 Å². The Hall–Kier alpha value is -2.76. The van der Waals surface area contributed by atoms with Crippen molar-refractivity contribution in [2.24, 2.45) is 0 Å². The first-order chi connectivity index (χ1) is 10.2. The van der Waals surface area contributed by atoms with E-state index in [-0.39, 0.29) is 18.3 Å². The highest BCUT2D eigenvalue weighted by Gasteiger charge is 2.06. The van der Waals surface area contributed by atoms with E-state index in [0.717, 1.165) is 16.5 Å². The van der Waals surface area contributed by atoms with Crippen molar-refractivity contribution >= 4 is 16.8 Å². The number of nitrogens with one attached hydrogen (secondary N) is 1. The molecule has 0 aliphatic heterocycles. The van der Waals surface area contributed by atoms with E-state index in [4.69, 9.17) is 0 Å². The molecule has 1 aromatic carbocycles. The summed E-state index contributed by atoms with van der Waals surface area (Å²) < 4.78 is 14.7. The fourth-order valence-corrected chi connectivity index (χ4v) is 2.08. The average Bonchev–Trinajstić information content (AvgIpc) is 2.95. The molecule has 1 N–H and O–H groups in total. The van der Waals surface area contributed by atoms with Gasteiger partial charge in [0.25, 0.3) is 0 Å². The van der Waals surface area contributed by atoms with Gasteiger partial charge < -0.3 is 5.32 Å². The zero-order valence-electron chi connectivity index (χ0n) is 11.4. The highest BCUT2D eigenvalue weighted by atomic mass is 19.1. The van der Waals surface area contributed by atoms with E-state index in [9.17, 15) is 9.18 Å². The fourth-order valence-electron chi connectivity index (χ4n) is 2.08. The summed E-state index contributed by atoms with van der Waals surface area (Å²) in [6, 6.07) is 6.41. The number of carbonyl (C=O) groups is 1. The first kappa shape index (κ1) is 13.2. The van der Waals surface area contributed by atoms with Crippen LogP contribution in [0.5, 0.6) is 0 Å². The summed E-state index contributed by atoms with van der Waals surface area (Å²) in [7, 11) is 1.58. The van der Waals surface area contributed by atoms with E-state index in [1.165, 1.54) is 12.1 Å². The summed E-state index contributed by atoms with van der Waals surface area (Å²) in [5.74, 6) is -0.419. The molecule has 1 amide bonds. The Morgan fingerprint density at radius 2 is 2.14 bits per heavy atom. The number of fused-ring (bicyclic) bond motifs is 1. The topological polar surface area (TPSA) is 59.8 Å². The number of benzene rings is 1. The Morgan fingerprint density at radius 1 is 1.29 bits per heavy atom. The molecule has 3 aromatic rings. The molecule has 0 fully saturated rings. The van der Waals surface area contributed by atoms with Gasteiger partial charge in [-0.05, 0) is 18.2 Å². The first-order valence-electron chi connectivity index (χ1n) is 6.44. The Bertz CT molecular complexity index is 812. The molecule has 0 aliphatic rings. The smallest absolute Gasteiger partial charge is 0.241 e. The second kappa shape index (κ2) is 5.32. The number of carbonyl (C=O) groups excluding carboxylic acids is 1. The van der Waals surface area contributed by atoms with Crippen molar-refractivity contribution in [2.45, 2.75) is 6.54 Å². The summed E-state index contributed by atoms with van der Waals surface area (Å²) >= 11 is 0. The van der Waals surface area contributed by atoms with Gasteiger partial charge in [-0.3, -0.25) is 14.5 Å². The highest BCUT2D eigenvalue weighted by Crippen LogP contribution is 2.22. The maximum absolute atomic E-state index is 13.1. The maximum Gasteiger partial charge on any atom is 0.241 e. The Labute approximate surface area is 120 Å². The van der Waals surface area contributed by atoms with Crippen LogP contribution in [0.4, 0.5) is 4.39 Å². The van der Waals surface area contributed by atoms with Crippen LogP contribution in [0.25, 0.3) is 22.0 Å². The van der Waals surface area contributed by atoms with Gasteiger partial charge >= 0.3 is 0 Å². The number of hydrogen-bond donors (Lipinski definition) is 1.